The zero-order valence-electron chi connectivity index (χ0n) is 38.8. The quantitative estimate of drug-likeness (QED) is 0.254. The van der Waals surface area contributed by atoms with Gasteiger partial charge in [-0.05, 0) is 172 Å². The fourth-order valence-corrected chi connectivity index (χ4v) is 16.7. The second-order valence-corrected chi connectivity index (χ2v) is 22.2. The SMILES string of the molecule is CC1CC(N(C2=CC=CC3C2C2C=CCCC2C32C3C=CC=CC3C3CCC(N(C4C=CC(C5=CCCCC5)=CC4)C4CC=CCC4)=CC32)C2C=CC=CC2)=C2Oc3ccccc3C2C1. The highest BCUT2D eigenvalue weighted by Crippen LogP contribution is 2.75. The lowest BCUT2D eigenvalue weighted by atomic mass is 9.56. The molecule has 2 fully saturated rings. The molecule has 0 bridgehead atoms. The van der Waals surface area contributed by atoms with E-state index in [4.69, 9.17) is 4.74 Å². The van der Waals surface area contributed by atoms with Crippen LogP contribution in [0.2, 0.25) is 0 Å². The smallest absolute Gasteiger partial charge is 0.131 e. The molecule has 14 atom stereocenters. The van der Waals surface area contributed by atoms with Gasteiger partial charge in [0.25, 0.3) is 0 Å². The molecule has 0 N–H and O–H groups in total. The Bertz CT molecular complexity index is 2490. The third-order valence-corrected chi connectivity index (χ3v) is 19.0. The first-order chi connectivity index (χ1) is 32.2. The summed E-state index contributed by atoms with van der Waals surface area (Å²) in [6.45, 7) is 2.49. The number of fused-ring (bicyclic) bond motifs is 13. The van der Waals surface area contributed by atoms with Crippen molar-refractivity contribution in [3.63, 3.8) is 0 Å². The third-order valence-electron chi connectivity index (χ3n) is 19.0. The van der Waals surface area contributed by atoms with Gasteiger partial charge in [-0.2, -0.15) is 0 Å². The Kier molecular flexibility index (Phi) is 10.3. The molecule has 0 aromatic heterocycles. The van der Waals surface area contributed by atoms with Gasteiger partial charge in [0, 0.05) is 34.8 Å². The van der Waals surface area contributed by atoms with Gasteiger partial charge in [-0.25, -0.2) is 0 Å². The van der Waals surface area contributed by atoms with Crippen molar-refractivity contribution < 1.29 is 4.74 Å². The minimum absolute atomic E-state index is 0.147. The molecule has 2 saturated carbocycles. The van der Waals surface area contributed by atoms with Crippen LogP contribution in [0.3, 0.4) is 0 Å². The molecule has 3 nitrogen and oxygen atoms in total. The van der Waals surface area contributed by atoms with E-state index in [9.17, 15) is 0 Å². The Morgan fingerprint density at radius 3 is 2.48 bits per heavy atom. The molecule has 1 aromatic rings. The standard InChI is InChI=1S/C62H70N2O/c1-41-38-52-50-25-13-16-31-59(50)65-61(52)58(39-41)64(45-22-9-4-10-23-45)57-30-17-29-55-60(57)51-26-12-15-28-54(51)62(55)53-27-14-11-24-48(53)49-37-36-47(40-56(49)62)63(44-20-7-3-8-21-44)46-34-32-43(33-35-46)42-18-5-2-6-19-42/h3-4,7,9-14,16-18,22,24-27,29-34,40-41,44-46,48-49,51-56,60H,2,5-6,8,15,19-21,23,28,35-39H2,1H3. The van der Waals surface area contributed by atoms with Crippen molar-refractivity contribution in [3.8, 4) is 5.75 Å². The van der Waals surface area contributed by atoms with Crippen molar-refractivity contribution in [2.45, 2.75) is 127 Å². The Hall–Kier alpha value is -4.76. The molecule has 1 aliphatic heterocycles. The number of ether oxygens (including phenoxy) is 1. The van der Waals surface area contributed by atoms with Crippen molar-refractivity contribution in [1.82, 2.24) is 9.80 Å². The fraction of sp³-hybridized carbons (Fsp3) is 0.484. The first-order valence-electron chi connectivity index (χ1n) is 26.4. The summed E-state index contributed by atoms with van der Waals surface area (Å²) in [4.78, 5) is 5.89. The molecule has 14 unspecified atom stereocenters. The molecular formula is C62H70N2O. The maximum atomic E-state index is 7.05. The first kappa shape index (κ1) is 40.5. The average Bonchev–Trinajstić information content (AvgIpc) is 4.00. The lowest BCUT2D eigenvalue weighted by molar-refractivity contribution is 0.0493. The van der Waals surface area contributed by atoms with Gasteiger partial charge >= 0.3 is 0 Å². The van der Waals surface area contributed by atoms with Gasteiger partial charge in [-0.15, -0.1) is 0 Å². The molecule has 3 heteroatoms. The summed E-state index contributed by atoms with van der Waals surface area (Å²) >= 11 is 0. The maximum absolute atomic E-state index is 7.05. The van der Waals surface area contributed by atoms with Gasteiger partial charge < -0.3 is 14.5 Å². The van der Waals surface area contributed by atoms with E-state index in [-0.39, 0.29) is 11.5 Å². The second kappa shape index (κ2) is 16.5. The minimum atomic E-state index is 0.147. The van der Waals surface area contributed by atoms with Gasteiger partial charge in [0.05, 0.1) is 17.8 Å². The molecule has 1 heterocycles. The molecule has 1 aromatic carbocycles. The van der Waals surface area contributed by atoms with E-state index < -0.39 is 0 Å². The first-order valence-corrected chi connectivity index (χ1v) is 26.4. The van der Waals surface area contributed by atoms with E-state index in [2.05, 4.69) is 163 Å². The number of hydrogen-bond donors (Lipinski definition) is 0. The second-order valence-electron chi connectivity index (χ2n) is 22.2. The minimum Gasteiger partial charge on any atom is -0.459 e. The Morgan fingerprint density at radius 2 is 1.62 bits per heavy atom. The van der Waals surface area contributed by atoms with Crippen molar-refractivity contribution in [2.24, 2.45) is 58.7 Å². The van der Waals surface area contributed by atoms with Crippen LogP contribution in [-0.2, 0) is 0 Å². The number of hydrogen-bond acceptors (Lipinski definition) is 3. The van der Waals surface area contributed by atoms with Crippen LogP contribution in [-0.4, -0.2) is 27.9 Å². The molecule has 11 aliphatic carbocycles. The lowest BCUT2D eigenvalue weighted by Gasteiger charge is -2.50. The van der Waals surface area contributed by atoms with Crippen LogP contribution < -0.4 is 4.74 Å². The maximum Gasteiger partial charge on any atom is 0.131 e. The predicted molar refractivity (Wildman–Crippen MR) is 266 cm³/mol. The van der Waals surface area contributed by atoms with Gasteiger partial charge in [0.1, 0.15) is 11.5 Å². The number of nitrogens with zero attached hydrogens (tertiary/aromatic N) is 2. The lowest BCUT2D eigenvalue weighted by Crippen LogP contribution is -2.47. The van der Waals surface area contributed by atoms with Crippen LogP contribution in [0.15, 0.2) is 180 Å². The topological polar surface area (TPSA) is 15.7 Å². The molecule has 0 saturated heterocycles. The molecule has 334 valence electrons. The van der Waals surface area contributed by atoms with Crippen molar-refractivity contribution >= 4 is 0 Å². The molecule has 13 rings (SSSR count). The highest BCUT2D eigenvalue weighted by atomic mass is 16.5. The van der Waals surface area contributed by atoms with Crippen LogP contribution in [0.1, 0.15) is 115 Å². The monoisotopic (exact) mass is 859 g/mol. The van der Waals surface area contributed by atoms with Crippen LogP contribution in [0.4, 0.5) is 0 Å². The summed E-state index contributed by atoms with van der Waals surface area (Å²) in [6.07, 6.45) is 69.4. The molecule has 65 heavy (non-hydrogen) atoms. The zero-order chi connectivity index (χ0) is 43.1. The molecule has 12 aliphatic rings. The van der Waals surface area contributed by atoms with Crippen LogP contribution in [0, 0.1) is 58.7 Å². The molecule has 0 amide bonds. The Balaban J connectivity index is 0.927. The average molecular weight is 859 g/mol. The highest BCUT2D eigenvalue weighted by molar-refractivity contribution is 5.50. The molecule has 1 spiro atoms. The highest BCUT2D eigenvalue weighted by Gasteiger charge is 2.71. The summed E-state index contributed by atoms with van der Waals surface area (Å²) in [5, 5.41) is 0. The summed E-state index contributed by atoms with van der Waals surface area (Å²) in [7, 11) is 0. The van der Waals surface area contributed by atoms with E-state index in [0.717, 1.165) is 31.4 Å². The van der Waals surface area contributed by atoms with E-state index in [1.165, 1.54) is 93.2 Å². The predicted octanol–water partition coefficient (Wildman–Crippen LogP) is 14.7. The van der Waals surface area contributed by atoms with Gasteiger partial charge in [0.2, 0.25) is 0 Å². The summed E-state index contributed by atoms with van der Waals surface area (Å²) < 4.78 is 7.05. The normalized spacial score (nSPS) is 40.2. The van der Waals surface area contributed by atoms with Crippen molar-refractivity contribution in [1.29, 1.82) is 0 Å². The largest absolute Gasteiger partial charge is 0.459 e. The van der Waals surface area contributed by atoms with Gasteiger partial charge in [-0.3, -0.25) is 0 Å². The van der Waals surface area contributed by atoms with E-state index >= 15 is 0 Å². The number of benzene rings is 1. The van der Waals surface area contributed by atoms with Gasteiger partial charge in [-0.1, -0.05) is 141 Å². The van der Waals surface area contributed by atoms with E-state index in [0.29, 0.717) is 71.3 Å². The summed E-state index contributed by atoms with van der Waals surface area (Å²) in [6, 6.07) is 10.2. The Morgan fingerprint density at radius 1 is 0.708 bits per heavy atom. The van der Waals surface area contributed by atoms with Crippen molar-refractivity contribution in [2.75, 3.05) is 0 Å². The molecule has 0 radical (unpaired) electrons. The van der Waals surface area contributed by atoms with E-state index in [1.54, 1.807) is 17.0 Å². The van der Waals surface area contributed by atoms with E-state index in [1.807, 2.05) is 0 Å². The number of para-hydroxylation sites is 1. The third kappa shape index (κ3) is 6.47. The summed E-state index contributed by atoms with van der Waals surface area (Å²) in [5.74, 6) is 7.60. The van der Waals surface area contributed by atoms with Crippen LogP contribution >= 0.6 is 0 Å². The number of rotatable bonds is 7. The number of allylic oxidation sites excluding steroid dienone is 21. The Labute approximate surface area is 389 Å². The fourth-order valence-electron chi connectivity index (χ4n) is 16.7. The van der Waals surface area contributed by atoms with Gasteiger partial charge in [0.15, 0.2) is 0 Å². The van der Waals surface area contributed by atoms with Crippen LogP contribution in [0.5, 0.6) is 5.75 Å². The van der Waals surface area contributed by atoms with Crippen LogP contribution in [0.25, 0.3) is 0 Å². The summed E-state index contributed by atoms with van der Waals surface area (Å²) in [5.41, 5.74) is 9.32. The molecular weight excluding hydrogens is 789 g/mol. The van der Waals surface area contributed by atoms with Crippen molar-refractivity contribution in [3.05, 3.63) is 185 Å². The zero-order valence-corrected chi connectivity index (χ0v) is 38.8.